The van der Waals surface area contributed by atoms with Gasteiger partial charge in [-0.2, -0.15) is 4.39 Å². The van der Waals surface area contributed by atoms with Gasteiger partial charge in [0.25, 0.3) is 5.91 Å². The van der Waals surface area contributed by atoms with Gasteiger partial charge < -0.3 is 4.90 Å². The minimum Gasteiger partial charge on any atom is -0.335 e. The van der Waals surface area contributed by atoms with Crippen LogP contribution >= 0.6 is 11.6 Å². The Labute approximate surface area is 162 Å². The maximum atomic E-state index is 14.6. The normalized spacial score (nSPS) is 15.4. The van der Waals surface area contributed by atoms with E-state index < -0.39 is 5.95 Å². The van der Waals surface area contributed by atoms with Crippen molar-refractivity contribution in [1.29, 1.82) is 0 Å². The third-order valence-corrected chi connectivity index (χ3v) is 5.14. The molecule has 3 heterocycles. The van der Waals surface area contributed by atoms with Gasteiger partial charge in [-0.15, -0.1) is 0 Å². The van der Waals surface area contributed by atoms with Crippen LogP contribution in [0, 0.1) is 12.9 Å². The molecule has 2 aromatic heterocycles. The molecule has 1 amide bonds. The summed E-state index contributed by atoms with van der Waals surface area (Å²) in [4.78, 5) is 20.9. The lowest BCUT2D eigenvalue weighted by molar-refractivity contribution is 0.0618. The molecule has 7 heteroatoms. The van der Waals surface area contributed by atoms with E-state index in [4.69, 9.17) is 11.6 Å². The van der Waals surface area contributed by atoms with Crippen molar-refractivity contribution in [2.24, 2.45) is 0 Å². The Hall–Kier alpha value is -2.44. The SMILES string of the molecule is Cc1ccc2nc(C(=O)N3CCN(Cc4ccc(Cl)cc4)CC3)c(F)n2c1. The molecule has 3 aromatic rings. The van der Waals surface area contributed by atoms with Crippen molar-refractivity contribution >= 4 is 23.2 Å². The lowest BCUT2D eigenvalue weighted by atomic mass is 10.2. The highest BCUT2D eigenvalue weighted by atomic mass is 35.5. The van der Waals surface area contributed by atoms with Crippen molar-refractivity contribution in [3.63, 3.8) is 0 Å². The van der Waals surface area contributed by atoms with Crippen LogP contribution in [0.2, 0.25) is 5.02 Å². The van der Waals surface area contributed by atoms with Crippen LogP contribution in [0.3, 0.4) is 0 Å². The zero-order chi connectivity index (χ0) is 19.0. The van der Waals surface area contributed by atoms with E-state index in [0.717, 1.165) is 30.2 Å². The molecular weight excluding hydrogens is 367 g/mol. The summed E-state index contributed by atoms with van der Waals surface area (Å²) in [6.07, 6.45) is 1.65. The number of pyridine rings is 1. The largest absolute Gasteiger partial charge is 0.335 e. The summed E-state index contributed by atoms with van der Waals surface area (Å²) in [6.45, 7) is 5.27. The Morgan fingerprint density at radius 1 is 1.11 bits per heavy atom. The fraction of sp³-hybridized carbons (Fsp3) is 0.300. The summed E-state index contributed by atoms with van der Waals surface area (Å²) in [5.74, 6) is -0.942. The molecule has 5 nitrogen and oxygen atoms in total. The van der Waals surface area contributed by atoms with E-state index >= 15 is 0 Å². The third kappa shape index (κ3) is 3.68. The van der Waals surface area contributed by atoms with Gasteiger partial charge in [-0.05, 0) is 36.2 Å². The number of benzene rings is 1. The molecule has 0 N–H and O–H groups in total. The van der Waals surface area contributed by atoms with Gasteiger partial charge in [-0.1, -0.05) is 29.8 Å². The van der Waals surface area contributed by atoms with Gasteiger partial charge in [0.2, 0.25) is 5.95 Å². The average Bonchev–Trinajstić information content (AvgIpc) is 3.00. The number of piperazine rings is 1. The molecule has 27 heavy (non-hydrogen) atoms. The van der Waals surface area contributed by atoms with Crippen molar-refractivity contribution in [2.45, 2.75) is 13.5 Å². The molecule has 0 bridgehead atoms. The highest BCUT2D eigenvalue weighted by molar-refractivity contribution is 6.30. The van der Waals surface area contributed by atoms with Gasteiger partial charge in [0.15, 0.2) is 5.69 Å². The average molecular weight is 387 g/mol. The first-order chi connectivity index (χ1) is 13.0. The Morgan fingerprint density at radius 3 is 2.52 bits per heavy atom. The number of hydrogen-bond acceptors (Lipinski definition) is 3. The molecule has 140 valence electrons. The second kappa shape index (κ2) is 7.29. The highest BCUT2D eigenvalue weighted by Crippen LogP contribution is 2.17. The lowest BCUT2D eigenvalue weighted by Gasteiger charge is -2.34. The molecule has 0 atom stereocenters. The van der Waals surface area contributed by atoms with Gasteiger partial charge in [0, 0.05) is 43.9 Å². The van der Waals surface area contributed by atoms with Gasteiger partial charge in [-0.3, -0.25) is 14.1 Å². The van der Waals surface area contributed by atoms with Crippen molar-refractivity contribution in [3.8, 4) is 0 Å². The van der Waals surface area contributed by atoms with E-state index in [1.165, 1.54) is 9.96 Å². The number of carbonyl (C=O) groups is 1. The quantitative estimate of drug-likeness (QED) is 0.692. The van der Waals surface area contributed by atoms with Gasteiger partial charge in [-0.25, -0.2) is 4.98 Å². The number of imidazole rings is 1. The molecule has 1 saturated heterocycles. The fourth-order valence-corrected chi connectivity index (χ4v) is 3.49. The minimum atomic E-state index is -0.595. The Balaban J connectivity index is 1.43. The summed E-state index contributed by atoms with van der Waals surface area (Å²) in [5, 5.41) is 0.721. The minimum absolute atomic E-state index is 0.105. The molecule has 1 aromatic carbocycles. The molecule has 1 fully saturated rings. The first-order valence-electron chi connectivity index (χ1n) is 8.91. The monoisotopic (exact) mass is 386 g/mol. The van der Waals surface area contributed by atoms with Crippen LogP contribution in [0.15, 0.2) is 42.6 Å². The Morgan fingerprint density at radius 2 is 1.81 bits per heavy atom. The van der Waals surface area contributed by atoms with Crippen LogP contribution in [-0.4, -0.2) is 51.3 Å². The molecule has 4 rings (SSSR count). The van der Waals surface area contributed by atoms with Crippen LogP contribution in [0.5, 0.6) is 0 Å². The Bertz CT molecular complexity index is 978. The van der Waals surface area contributed by atoms with Crippen molar-refractivity contribution in [3.05, 3.63) is 70.4 Å². The summed E-state index contributed by atoms with van der Waals surface area (Å²) in [5.41, 5.74) is 2.43. The predicted octanol–water partition coefficient (Wildman–Crippen LogP) is 3.39. The lowest BCUT2D eigenvalue weighted by Crippen LogP contribution is -2.48. The van der Waals surface area contributed by atoms with Crippen LogP contribution in [0.1, 0.15) is 21.6 Å². The molecule has 0 spiro atoms. The molecule has 1 aliphatic heterocycles. The highest BCUT2D eigenvalue weighted by Gasteiger charge is 2.27. The summed E-state index contributed by atoms with van der Waals surface area (Å²) >= 11 is 5.92. The van der Waals surface area contributed by atoms with E-state index in [1.54, 1.807) is 17.2 Å². The topological polar surface area (TPSA) is 40.9 Å². The van der Waals surface area contributed by atoms with E-state index in [2.05, 4.69) is 9.88 Å². The zero-order valence-electron chi connectivity index (χ0n) is 15.0. The number of carbonyl (C=O) groups excluding carboxylic acids is 1. The number of amides is 1. The predicted molar refractivity (Wildman–Crippen MR) is 103 cm³/mol. The fourth-order valence-electron chi connectivity index (χ4n) is 3.37. The second-order valence-electron chi connectivity index (χ2n) is 6.88. The number of aryl methyl sites for hydroxylation is 1. The molecule has 0 aliphatic carbocycles. The van der Waals surface area contributed by atoms with Crippen molar-refractivity contribution in [2.75, 3.05) is 26.2 Å². The van der Waals surface area contributed by atoms with E-state index in [0.29, 0.717) is 18.7 Å². The van der Waals surface area contributed by atoms with Crippen molar-refractivity contribution < 1.29 is 9.18 Å². The van der Waals surface area contributed by atoms with E-state index in [-0.39, 0.29) is 11.6 Å². The molecule has 0 radical (unpaired) electrons. The van der Waals surface area contributed by atoms with Gasteiger partial charge in [0.05, 0.1) is 0 Å². The number of nitrogens with zero attached hydrogens (tertiary/aromatic N) is 4. The van der Waals surface area contributed by atoms with Gasteiger partial charge >= 0.3 is 0 Å². The third-order valence-electron chi connectivity index (χ3n) is 4.89. The smallest absolute Gasteiger partial charge is 0.277 e. The first kappa shape index (κ1) is 17.9. The van der Waals surface area contributed by atoms with Crippen LogP contribution in [-0.2, 0) is 6.54 Å². The van der Waals surface area contributed by atoms with E-state index in [1.807, 2.05) is 37.3 Å². The molecule has 0 saturated carbocycles. The maximum Gasteiger partial charge on any atom is 0.277 e. The van der Waals surface area contributed by atoms with Crippen LogP contribution < -0.4 is 0 Å². The number of aromatic nitrogens is 2. The second-order valence-corrected chi connectivity index (χ2v) is 7.32. The number of fused-ring (bicyclic) bond motifs is 1. The first-order valence-corrected chi connectivity index (χ1v) is 9.29. The summed E-state index contributed by atoms with van der Waals surface area (Å²) in [7, 11) is 0. The van der Waals surface area contributed by atoms with Gasteiger partial charge in [0.1, 0.15) is 5.65 Å². The standard InChI is InChI=1S/C20H20ClFN4O/c1-14-2-7-17-23-18(19(22)26(17)12-14)20(27)25-10-8-24(9-11-25)13-15-3-5-16(21)6-4-15/h2-7,12H,8-11,13H2,1H3. The number of halogens is 2. The molecule has 0 unspecified atom stereocenters. The Kier molecular flexibility index (Phi) is 4.85. The molecule has 1 aliphatic rings. The zero-order valence-corrected chi connectivity index (χ0v) is 15.8. The number of rotatable bonds is 3. The van der Waals surface area contributed by atoms with Crippen molar-refractivity contribution in [1.82, 2.24) is 19.2 Å². The maximum absolute atomic E-state index is 14.6. The summed E-state index contributed by atoms with van der Waals surface area (Å²) in [6, 6.07) is 11.3. The van der Waals surface area contributed by atoms with Crippen LogP contribution in [0.25, 0.3) is 5.65 Å². The summed E-state index contributed by atoms with van der Waals surface area (Å²) < 4.78 is 16.0. The molecular formula is C20H20ClFN4O. The van der Waals surface area contributed by atoms with Crippen LogP contribution in [0.4, 0.5) is 4.39 Å². The number of hydrogen-bond donors (Lipinski definition) is 0. The van der Waals surface area contributed by atoms with E-state index in [9.17, 15) is 9.18 Å².